The molecule has 1 unspecified atom stereocenters. The van der Waals surface area contributed by atoms with Gasteiger partial charge in [-0.05, 0) is 47.3 Å². The van der Waals surface area contributed by atoms with Crippen molar-refractivity contribution in [3.05, 3.63) is 28.0 Å². The number of hydrogen-bond donors (Lipinski definition) is 1. The molecule has 104 valence electrons. The Morgan fingerprint density at radius 3 is 2.74 bits per heavy atom. The van der Waals surface area contributed by atoms with Crippen molar-refractivity contribution < 1.29 is 23.8 Å². The van der Waals surface area contributed by atoms with Crippen LogP contribution in [0.1, 0.15) is 30.9 Å². The number of aliphatic hydroxyl groups excluding tert-OH is 1. The monoisotopic (exact) mass is 332 g/mol. The first-order chi connectivity index (χ1) is 9.02. The second-order valence-electron chi connectivity index (χ2n) is 4.40. The third-order valence-electron chi connectivity index (χ3n) is 3.09. The fraction of sp³-hybridized carbons (Fsp3) is 0.462. The maximum absolute atomic E-state index is 13.4. The van der Waals surface area contributed by atoms with Crippen LogP contribution >= 0.6 is 15.9 Å². The molecule has 1 aliphatic rings. The first kappa shape index (κ1) is 14.3. The maximum Gasteiger partial charge on any atom is 0.339 e. The van der Waals surface area contributed by atoms with Gasteiger partial charge in [0.15, 0.2) is 6.10 Å². The van der Waals surface area contributed by atoms with Crippen LogP contribution in [0.4, 0.5) is 4.39 Å². The summed E-state index contributed by atoms with van der Waals surface area (Å²) in [5.74, 6) is -1.12. The predicted molar refractivity (Wildman–Crippen MR) is 69.3 cm³/mol. The topological polar surface area (TPSA) is 55.8 Å². The third-order valence-corrected chi connectivity index (χ3v) is 3.68. The van der Waals surface area contributed by atoms with Gasteiger partial charge >= 0.3 is 5.97 Å². The molecule has 0 saturated heterocycles. The summed E-state index contributed by atoms with van der Waals surface area (Å²) in [6, 6.07) is 2.32. The van der Waals surface area contributed by atoms with Crippen molar-refractivity contribution >= 4 is 21.9 Å². The van der Waals surface area contributed by atoms with Gasteiger partial charge in [0.25, 0.3) is 0 Å². The van der Waals surface area contributed by atoms with Crippen LogP contribution in [0.25, 0.3) is 0 Å². The minimum absolute atomic E-state index is 0.0466. The van der Waals surface area contributed by atoms with Crippen LogP contribution in [0.5, 0.6) is 5.75 Å². The molecule has 1 atom stereocenters. The average molecular weight is 333 g/mol. The number of esters is 1. The van der Waals surface area contributed by atoms with Crippen molar-refractivity contribution in [3.63, 3.8) is 0 Å². The minimum Gasteiger partial charge on any atom is -0.489 e. The van der Waals surface area contributed by atoms with Crippen LogP contribution < -0.4 is 4.74 Å². The highest BCUT2D eigenvalue weighted by atomic mass is 79.9. The van der Waals surface area contributed by atoms with Crippen molar-refractivity contribution in [2.45, 2.75) is 31.5 Å². The lowest BCUT2D eigenvalue weighted by Gasteiger charge is -2.28. The minimum atomic E-state index is -1.56. The van der Waals surface area contributed by atoms with Crippen molar-refractivity contribution in [2.75, 3.05) is 7.11 Å². The molecule has 0 heterocycles. The van der Waals surface area contributed by atoms with Gasteiger partial charge in [0, 0.05) is 5.56 Å². The van der Waals surface area contributed by atoms with Gasteiger partial charge in [0.1, 0.15) is 11.6 Å². The lowest BCUT2D eigenvalue weighted by atomic mass is 9.96. The summed E-state index contributed by atoms with van der Waals surface area (Å²) in [5.41, 5.74) is 0.0747. The van der Waals surface area contributed by atoms with Crippen molar-refractivity contribution in [1.29, 1.82) is 0 Å². The summed E-state index contributed by atoms with van der Waals surface area (Å²) in [6.45, 7) is 0. The van der Waals surface area contributed by atoms with Gasteiger partial charge in [0.2, 0.25) is 0 Å². The lowest BCUT2D eigenvalue weighted by molar-refractivity contribution is -0.150. The van der Waals surface area contributed by atoms with Crippen molar-refractivity contribution in [1.82, 2.24) is 0 Å². The van der Waals surface area contributed by atoms with Gasteiger partial charge in [0.05, 0.1) is 17.7 Å². The largest absolute Gasteiger partial charge is 0.489 e. The zero-order chi connectivity index (χ0) is 14.0. The number of methoxy groups -OCH3 is 1. The van der Waals surface area contributed by atoms with E-state index in [0.29, 0.717) is 10.2 Å². The molecule has 1 aliphatic carbocycles. The molecule has 19 heavy (non-hydrogen) atoms. The Hall–Kier alpha value is -1.14. The highest BCUT2D eigenvalue weighted by Gasteiger charge is 2.28. The number of rotatable bonds is 4. The van der Waals surface area contributed by atoms with E-state index in [1.165, 1.54) is 6.07 Å². The SMILES string of the molecule is COC(=O)C(O)c1cc(F)cc(Br)c1OC1CCC1. The van der Waals surface area contributed by atoms with Crippen LogP contribution in [0.3, 0.4) is 0 Å². The molecule has 6 heteroatoms. The molecule has 1 saturated carbocycles. The fourth-order valence-electron chi connectivity index (χ4n) is 1.80. The van der Waals surface area contributed by atoms with Gasteiger partial charge in [-0.25, -0.2) is 9.18 Å². The summed E-state index contributed by atoms with van der Waals surface area (Å²) in [7, 11) is 1.16. The number of aliphatic hydroxyl groups is 1. The molecular formula is C13H14BrFO4. The van der Waals surface area contributed by atoms with Gasteiger partial charge in [-0.1, -0.05) is 0 Å². The number of halogens is 2. The molecule has 4 nitrogen and oxygen atoms in total. The Bertz CT molecular complexity index is 488. The van der Waals surface area contributed by atoms with E-state index in [9.17, 15) is 14.3 Å². The smallest absolute Gasteiger partial charge is 0.339 e. The van der Waals surface area contributed by atoms with E-state index in [1.807, 2.05) is 0 Å². The Morgan fingerprint density at radius 1 is 1.53 bits per heavy atom. The maximum atomic E-state index is 13.4. The van der Waals surface area contributed by atoms with Crippen LogP contribution in [-0.4, -0.2) is 24.3 Å². The standard InChI is InChI=1S/C13H14BrFO4/c1-18-13(17)11(16)9-5-7(15)6-10(14)12(9)19-8-3-2-4-8/h5-6,8,11,16H,2-4H2,1H3. The van der Waals surface area contributed by atoms with Gasteiger partial charge in [-0.3, -0.25) is 0 Å². The molecule has 2 rings (SSSR count). The molecule has 1 fully saturated rings. The third kappa shape index (κ3) is 3.06. The van der Waals surface area contributed by atoms with Crippen LogP contribution in [0.15, 0.2) is 16.6 Å². The molecule has 0 aromatic heterocycles. The van der Waals surface area contributed by atoms with E-state index in [2.05, 4.69) is 20.7 Å². The van der Waals surface area contributed by atoms with Gasteiger partial charge in [-0.15, -0.1) is 0 Å². The van der Waals surface area contributed by atoms with Gasteiger partial charge in [-0.2, -0.15) is 0 Å². The second-order valence-corrected chi connectivity index (χ2v) is 5.26. The number of carbonyl (C=O) groups excluding carboxylic acids is 1. The molecule has 0 spiro atoms. The zero-order valence-electron chi connectivity index (χ0n) is 10.4. The van der Waals surface area contributed by atoms with Crippen LogP contribution in [0, 0.1) is 5.82 Å². The van der Waals surface area contributed by atoms with Crippen molar-refractivity contribution in [3.8, 4) is 5.75 Å². The molecular weight excluding hydrogens is 319 g/mol. The van der Waals surface area contributed by atoms with Gasteiger partial charge < -0.3 is 14.6 Å². The van der Waals surface area contributed by atoms with Crippen molar-refractivity contribution in [2.24, 2.45) is 0 Å². The highest BCUT2D eigenvalue weighted by Crippen LogP contribution is 2.37. The molecule has 0 aliphatic heterocycles. The summed E-state index contributed by atoms with van der Waals surface area (Å²) in [4.78, 5) is 11.4. The number of ether oxygens (including phenoxy) is 2. The van der Waals surface area contributed by atoms with E-state index in [4.69, 9.17) is 4.74 Å². The molecule has 0 amide bonds. The number of hydrogen-bond acceptors (Lipinski definition) is 4. The zero-order valence-corrected chi connectivity index (χ0v) is 11.9. The Labute approximate surface area is 118 Å². The van der Waals surface area contributed by atoms with Crippen LogP contribution in [-0.2, 0) is 9.53 Å². The Morgan fingerprint density at radius 2 is 2.21 bits per heavy atom. The van der Waals surface area contributed by atoms with Crippen LogP contribution in [0.2, 0.25) is 0 Å². The lowest BCUT2D eigenvalue weighted by Crippen LogP contribution is -2.26. The molecule has 0 radical (unpaired) electrons. The van der Waals surface area contributed by atoms with E-state index in [1.54, 1.807) is 0 Å². The summed E-state index contributed by atoms with van der Waals surface area (Å²) in [6.07, 6.45) is 1.39. The van der Waals surface area contributed by atoms with E-state index in [0.717, 1.165) is 32.4 Å². The van der Waals surface area contributed by atoms with E-state index in [-0.39, 0.29) is 11.7 Å². The quantitative estimate of drug-likeness (QED) is 0.861. The van der Waals surface area contributed by atoms with E-state index < -0.39 is 17.9 Å². The Kier molecular flexibility index (Phi) is 4.42. The first-order valence-electron chi connectivity index (χ1n) is 5.94. The average Bonchev–Trinajstić information content (AvgIpc) is 2.32. The fourth-order valence-corrected chi connectivity index (χ4v) is 2.34. The molecule has 0 bridgehead atoms. The highest BCUT2D eigenvalue weighted by molar-refractivity contribution is 9.10. The number of benzene rings is 1. The Balaban J connectivity index is 2.35. The first-order valence-corrected chi connectivity index (χ1v) is 6.73. The predicted octanol–water partition coefficient (Wildman–Crippen LogP) is 2.73. The molecule has 1 aromatic carbocycles. The second kappa shape index (κ2) is 5.88. The normalized spacial score (nSPS) is 16.6. The summed E-state index contributed by atoms with van der Waals surface area (Å²) in [5, 5.41) is 9.88. The summed E-state index contributed by atoms with van der Waals surface area (Å²) >= 11 is 3.19. The summed E-state index contributed by atoms with van der Waals surface area (Å²) < 4.78 is 24.0. The molecule has 1 aromatic rings. The number of carbonyl (C=O) groups is 1. The van der Waals surface area contributed by atoms with E-state index >= 15 is 0 Å². The molecule has 1 N–H and O–H groups in total.